The Morgan fingerprint density at radius 2 is 2.00 bits per heavy atom. The van der Waals surface area contributed by atoms with Gasteiger partial charge in [0.15, 0.2) is 0 Å². The molecule has 0 aromatic heterocycles. The highest BCUT2D eigenvalue weighted by atomic mass is 35.5. The molecule has 1 heterocycles. The Labute approximate surface area is 115 Å². The third-order valence-electron chi connectivity index (χ3n) is 3.92. The molecule has 0 amide bonds. The van der Waals surface area contributed by atoms with E-state index in [1.807, 2.05) is 0 Å². The van der Waals surface area contributed by atoms with Gasteiger partial charge in [-0.05, 0) is 48.9 Å². The molecule has 2 N–H and O–H groups in total. The van der Waals surface area contributed by atoms with Gasteiger partial charge in [0.2, 0.25) is 0 Å². The minimum atomic E-state index is 0.481. The van der Waals surface area contributed by atoms with Gasteiger partial charge in [0.1, 0.15) is 0 Å². The second-order valence-corrected chi connectivity index (χ2v) is 5.93. The summed E-state index contributed by atoms with van der Waals surface area (Å²) in [4.78, 5) is 2.42. The second-order valence-electron chi connectivity index (χ2n) is 5.53. The Morgan fingerprint density at radius 3 is 2.50 bits per heavy atom. The van der Waals surface area contributed by atoms with Crippen molar-refractivity contribution in [3.63, 3.8) is 0 Å². The number of benzene rings is 1. The summed E-state index contributed by atoms with van der Waals surface area (Å²) in [5.41, 5.74) is 8.21. The number of halogens is 1. The molecule has 1 aliphatic rings. The third kappa shape index (κ3) is 2.99. The van der Waals surface area contributed by atoms with E-state index >= 15 is 0 Å². The molecule has 1 aliphatic heterocycles. The Hall–Kier alpha value is -0.730. The summed E-state index contributed by atoms with van der Waals surface area (Å²) >= 11 is 6.35. The molecule has 0 saturated carbocycles. The molecule has 18 heavy (non-hydrogen) atoms. The van der Waals surface area contributed by atoms with Crippen molar-refractivity contribution in [3.8, 4) is 0 Å². The van der Waals surface area contributed by atoms with Gasteiger partial charge in [0.05, 0.1) is 0 Å². The van der Waals surface area contributed by atoms with Crippen molar-refractivity contribution in [3.05, 3.63) is 28.8 Å². The predicted octanol–water partition coefficient (Wildman–Crippen LogP) is 3.64. The minimum absolute atomic E-state index is 0.481. The number of hydrogen-bond donors (Lipinski definition) is 1. The second kappa shape index (κ2) is 5.94. The van der Waals surface area contributed by atoms with Crippen LogP contribution in [0.1, 0.15) is 38.2 Å². The number of hydrogen-bond acceptors (Lipinski definition) is 2. The van der Waals surface area contributed by atoms with E-state index in [1.165, 1.54) is 24.1 Å². The predicted molar refractivity (Wildman–Crippen MR) is 79.5 cm³/mol. The molecule has 100 valence electrons. The van der Waals surface area contributed by atoms with Crippen molar-refractivity contribution in [2.75, 3.05) is 24.5 Å². The smallest absolute Gasteiger partial charge is 0.0461 e. The number of rotatable bonds is 3. The summed E-state index contributed by atoms with van der Waals surface area (Å²) in [6.45, 7) is 7.36. The van der Waals surface area contributed by atoms with Crippen LogP contribution in [-0.4, -0.2) is 19.6 Å². The van der Waals surface area contributed by atoms with Gasteiger partial charge < -0.3 is 10.6 Å². The lowest BCUT2D eigenvalue weighted by Gasteiger charge is -2.33. The lowest BCUT2D eigenvalue weighted by molar-refractivity contribution is 0.414. The molecular formula is C15H23ClN2. The van der Waals surface area contributed by atoms with Gasteiger partial charge in [-0.15, -0.1) is 0 Å². The molecule has 1 fully saturated rings. The zero-order valence-corrected chi connectivity index (χ0v) is 12.1. The van der Waals surface area contributed by atoms with Gasteiger partial charge in [-0.3, -0.25) is 0 Å². The first-order chi connectivity index (χ1) is 8.61. The molecule has 2 rings (SSSR count). The number of nitrogens with zero attached hydrogens (tertiary/aromatic N) is 1. The van der Waals surface area contributed by atoms with Crippen LogP contribution in [0.5, 0.6) is 0 Å². The van der Waals surface area contributed by atoms with Crippen LogP contribution in [0.3, 0.4) is 0 Å². The first kappa shape index (κ1) is 13.7. The lowest BCUT2D eigenvalue weighted by Crippen LogP contribution is -2.36. The van der Waals surface area contributed by atoms with Crippen molar-refractivity contribution in [1.29, 1.82) is 0 Å². The van der Waals surface area contributed by atoms with E-state index in [4.69, 9.17) is 17.3 Å². The van der Waals surface area contributed by atoms with Crippen LogP contribution in [0.4, 0.5) is 5.69 Å². The van der Waals surface area contributed by atoms with E-state index in [2.05, 4.69) is 36.9 Å². The summed E-state index contributed by atoms with van der Waals surface area (Å²) in [5, 5.41) is 0.892. The maximum Gasteiger partial charge on any atom is 0.0461 e. The van der Waals surface area contributed by atoms with E-state index in [-0.39, 0.29) is 0 Å². The molecule has 0 bridgehead atoms. The molecule has 1 aromatic rings. The fraction of sp³-hybridized carbons (Fsp3) is 0.600. The fourth-order valence-corrected chi connectivity index (χ4v) is 3.00. The molecule has 1 saturated heterocycles. The highest BCUT2D eigenvalue weighted by Crippen LogP contribution is 2.30. The highest BCUT2D eigenvalue weighted by molar-refractivity contribution is 6.31. The molecule has 0 aliphatic carbocycles. The molecule has 0 unspecified atom stereocenters. The van der Waals surface area contributed by atoms with Crippen LogP contribution >= 0.6 is 11.6 Å². The number of nitrogens with two attached hydrogens (primary N) is 1. The van der Waals surface area contributed by atoms with Gasteiger partial charge in [-0.2, -0.15) is 0 Å². The van der Waals surface area contributed by atoms with Crippen molar-refractivity contribution >= 4 is 17.3 Å². The van der Waals surface area contributed by atoms with Crippen LogP contribution in [-0.2, 0) is 0 Å². The molecule has 2 nitrogen and oxygen atoms in total. The highest BCUT2D eigenvalue weighted by Gasteiger charge is 2.18. The Kier molecular flexibility index (Phi) is 4.52. The van der Waals surface area contributed by atoms with Crippen molar-refractivity contribution < 1.29 is 0 Å². The van der Waals surface area contributed by atoms with Crippen LogP contribution in [0.15, 0.2) is 18.2 Å². The van der Waals surface area contributed by atoms with E-state index in [0.29, 0.717) is 11.8 Å². The van der Waals surface area contributed by atoms with E-state index in [1.54, 1.807) is 0 Å². The SMILES string of the molecule is CC(C)c1ccc(N2CCC(CN)CC2)cc1Cl. The molecule has 0 radical (unpaired) electrons. The Balaban J connectivity index is 2.08. The van der Waals surface area contributed by atoms with E-state index < -0.39 is 0 Å². The van der Waals surface area contributed by atoms with Crippen LogP contribution in [0, 0.1) is 5.92 Å². The first-order valence-electron chi connectivity index (χ1n) is 6.86. The molecule has 0 spiro atoms. The Bertz CT molecular complexity index is 395. The van der Waals surface area contributed by atoms with E-state index in [9.17, 15) is 0 Å². The zero-order valence-electron chi connectivity index (χ0n) is 11.3. The Morgan fingerprint density at radius 1 is 1.33 bits per heavy atom. The minimum Gasteiger partial charge on any atom is -0.371 e. The summed E-state index contributed by atoms with van der Waals surface area (Å²) in [6.07, 6.45) is 2.39. The normalized spacial score (nSPS) is 17.5. The van der Waals surface area contributed by atoms with Crippen LogP contribution in [0.2, 0.25) is 5.02 Å². The first-order valence-corrected chi connectivity index (χ1v) is 7.24. The average molecular weight is 267 g/mol. The van der Waals surface area contributed by atoms with Crippen molar-refractivity contribution in [1.82, 2.24) is 0 Å². The summed E-state index contributed by atoms with van der Waals surface area (Å²) in [7, 11) is 0. The monoisotopic (exact) mass is 266 g/mol. The topological polar surface area (TPSA) is 29.3 Å². The maximum atomic E-state index is 6.35. The maximum absolute atomic E-state index is 6.35. The lowest BCUT2D eigenvalue weighted by atomic mass is 9.96. The van der Waals surface area contributed by atoms with E-state index in [0.717, 1.165) is 24.7 Å². The number of piperidine rings is 1. The zero-order chi connectivity index (χ0) is 13.1. The van der Waals surface area contributed by atoms with Gasteiger partial charge in [0.25, 0.3) is 0 Å². The van der Waals surface area contributed by atoms with Crippen molar-refractivity contribution in [2.24, 2.45) is 11.7 Å². The molecular weight excluding hydrogens is 244 g/mol. The molecule has 1 aromatic carbocycles. The van der Waals surface area contributed by atoms with Gasteiger partial charge in [0, 0.05) is 23.8 Å². The largest absolute Gasteiger partial charge is 0.371 e. The summed E-state index contributed by atoms with van der Waals surface area (Å²) < 4.78 is 0. The number of anilines is 1. The quantitative estimate of drug-likeness (QED) is 0.905. The van der Waals surface area contributed by atoms with Crippen LogP contribution < -0.4 is 10.6 Å². The third-order valence-corrected chi connectivity index (χ3v) is 4.25. The van der Waals surface area contributed by atoms with Gasteiger partial charge in [-0.25, -0.2) is 0 Å². The molecule has 3 heteroatoms. The van der Waals surface area contributed by atoms with Crippen LogP contribution in [0.25, 0.3) is 0 Å². The standard InChI is InChI=1S/C15H23ClN2/c1-11(2)14-4-3-13(9-15(14)16)18-7-5-12(10-17)6-8-18/h3-4,9,11-12H,5-8,10,17H2,1-2H3. The van der Waals surface area contributed by atoms with Crippen molar-refractivity contribution in [2.45, 2.75) is 32.6 Å². The summed E-state index contributed by atoms with van der Waals surface area (Å²) in [6, 6.07) is 6.47. The summed E-state index contributed by atoms with van der Waals surface area (Å²) in [5.74, 6) is 1.18. The molecule has 0 atom stereocenters. The van der Waals surface area contributed by atoms with Gasteiger partial charge >= 0.3 is 0 Å². The van der Waals surface area contributed by atoms with Gasteiger partial charge in [-0.1, -0.05) is 31.5 Å². The average Bonchev–Trinajstić information content (AvgIpc) is 2.38. The fourth-order valence-electron chi connectivity index (χ4n) is 2.61.